The highest BCUT2D eigenvalue weighted by Gasteiger charge is 2.39. The molecule has 3 N–H and O–H groups in total. The van der Waals surface area contributed by atoms with E-state index in [0.717, 1.165) is 0 Å². The summed E-state index contributed by atoms with van der Waals surface area (Å²) in [4.78, 5) is 48.4. The van der Waals surface area contributed by atoms with Gasteiger partial charge >= 0.3 is 11.9 Å². The Bertz CT molecular complexity index is 850. The molecule has 36 heavy (non-hydrogen) atoms. The molecule has 10 nitrogen and oxygen atoms in total. The predicted molar refractivity (Wildman–Crippen MR) is 137 cm³/mol. The van der Waals surface area contributed by atoms with E-state index in [9.17, 15) is 19.2 Å². The zero-order chi connectivity index (χ0) is 27.7. The van der Waals surface area contributed by atoms with Crippen LogP contribution < -0.4 is 16.0 Å². The van der Waals surface area contributed by atoms with Crippen molar-refractivity contribution in [2.45, 2.75) is 59.3 Å². The van der Waals surface area contributed by atoms with E-state index in [1.807, 2.05) is 6.92 Å². The van der Waals surface area contributed by atoms with Gasteiger partial charge in [0.05, 0.1) is 6.61 Å². The van der Waals surface area contributed by atoms with Gasteiger partial charge in [0.25, 0.3) is 5.91 Å². The molecule has 0 heterocycles. The van der Waals surface area contributed by atoms with Gasteiger partial charge in [-0.2, -0.15) is 0 Å². The van der Waals surface area contributed by atoms with Crippen molar-refractivity contribution in [3.8, 4) is 0 Å². The lowest BCUT2D eigenvalue weighted by atomic mass is 10.1. The molecular weight excluding hydrogens is 466 g/mol. The number of hydrogen-bond acceptors (Lipinski definition) is 7. The highest BCUT2D eigenvalue weighted by Crippen LogP contribution is 2.16. The zero-order valence-corrected chi connectivity index (χ0v) is 22.1. The van der Waals surface area contributed by atoms with Crippen LogP contribution in [-0.4, -0.2) is 62.5 Å². The molecule has 0 radical (unpaired) electrons. The van der Waals surface area contributed by atoms with Crippen molar-refractivity contribution in [1.29, 1.82) is 0 Å². The van der Waals surface area contributed by atoms with Gasteiger partial charge in [-0.05, 0) is 40.0 Å². The first kappa shape index (κ1) is 32.8. The predicted octanol–water partition coefficient (Wildman–Crippen LogP) is 2.43. The van der Waals surface area contributed by atoms with Crippen LogP contribution in [0.3, 0.4) is 0 Å². The third-order valence-corrected chi connectivity index (χ3v) is 4.54. The van der Waals surface area contributed by atoms with Crippen LogP contribution in [0.2, 0.25) is 0 Å². The molecule has 0 aromatic rings. The second kappa shape index (κ2) is 17.2. The fraction of sp³-hybridized carbons (Fsp3) is 0.538. The lowest BCUT2D eigenvalue weighted by molar-refractivity contribution is -0.262. The summed E-state index contributed by atoms with van der Waals surface area (Å²) in [6, 6.07) is 0. The lowest BCUT2D eigenvalue weighted by Gasteiger charge is -2.33. The Morgan fingerprint density at radius 1 is 0.778 bits per heavy atom. The number of carbonyl (C=O) groups is 4. The van der Waals surface area contributed by atoms with Crippen molar-refractivity contribution in [2.75, 3.05) is 32.9 Å². The lowest BCUT2D eigenvalue weighted by Crippen LogP contribution is -2.57. The van der Waals surface area contributed by atoms with Crippen molar-refractivity contribution < 1.29 is 33.4 Å². The molecule has 0 fully saturated rings. The van der Waals surface area contributed by atoms with Gasteiger partial charge in [-0.15, -0.1) is 0 Å². The molecule has 0 saturated heterocycles. The molecule has 0 aliphatic carbocycles. The number of nitrogens with one attached hydrogen (secondary N) is 3. The van der Waals surface area contributed by atoms with Gasteiger partial charge in [-0.1, -0.05) is 39.7 Å². The van der Waals surface area contributed by atoms with Crippen LogP contribution in [0, 0.1) is 0 Å². The zero-order valence-electron chi connectivity index (χ0n) is 22.1. The summed E-state index contributed by atoms with van der Waals surface area (Å²) in [5, 5.41) is 7.95. The minimum absolute atomic E-state index is 0.0124. The number of amides is 3. The van der Waals surface area contributed by atoms with Gasteiger partial charge in [-0.3, -0.25) is 19.7 Å². The number of esters is 1. The van der Waals surface area contributed by atoms with Crippen molar-refractivity contribution in [1.82, 2.24) is 16.0 Å². The first-order valence-corrected chi connectivity index (χ1v) is 11.8. The number of rotatable bonds is 19. The molecule has 0 aromatic carbocycles. The minimum atomic E-state index is -1.96. The average Bonchev–Trinajstić information content (AvgIpc) is 2.80. The molecule has 0 spiro atoms. The summed E-state index contributed by atoms with van der Waals surface area (Å²) in [7, 11) is 0. The van der Waals surface area contributed by atoms with Crippen LogP contribution in [0.25, 0.3) is 0 Å². The van der Waals surface area contributed by atoms with E-state index in [1.165, 1.54) is 6.92 Å². The fourth-order valence-corrected chi connectivity index (χ4v) is 2.51. The second-order valence-corrected chi connectivity index (χ2v) is 8.41. The molecule has 0 saturated carbocycles. The van der Waals surface area contributed by atoms with Crippen LogP contribution in [-0.2, 0) is 33.4 Å². The molecule has 0 aliphatic heterocycles. The number of hydrogen-bond donors (Lipinski definition) is 3. The largest absolute Gasteiger partial charge is 0.408 e. The normalized spacial score (nSPS) is 12.0. The monoisotopic (exact) mass is 507 g/mol. The molecule has 0 aliphatic rings. The van der Waals surface area contributed by atoms with Gasteiger partial charge < -0.3 is 24.8 Å². The van der Waals surface area contributed by atoms with Crippen molar-refractivity contribution in [3.63, 3.8) is 0 Å². The maximum absolute atomic E-state index is 12.7. The Balaban J connectivity index is 5.39. The number of ether oxygens (including phenoxy) is 3. The molecule has 1 atom stereocenters. The summed E-state index contributed by atoms with van der Waals surface area (Å²) in [5.41, 5.74) is 1.15. The van der Waals surface area contributed by atoms with Gasteiger partial charge in [-0.25, -0.2) is 4.79 Å². The van der Waals surface area contributed by atoms with Crippen LogP contribution >= 0.6 is 0 Å². The summed E-state index contributed by atoms with van der Waals surface area (Å²) >= 11 is 0. The first-order chi connectivity index (χ1) is 16.8. The maximum atomic E-state index is 12.7. The Hall–Kier alpha value is -3.24. The highest BCUT2D eigenvalue weighted by molar-refractivity contribution is 5.94. The van der Waals surface area contributed by atoms with E-state index in [1.54, 1.807) is 13.8 Å². The highest BCUT2D eigenvalue weighted by atomic mass is 16.7. The summed E-state index contributed by atoms with van der Waals surface area (Å²) in [6.07, 6.45) is 1.93. The summed E-state index contributed by atoms with van der Waals surface area (Å²) in [5.74, 6) is -3.85. The van der Waals surface area contributed by atoms with E-state index < -0.39 is 17.8 Å². The van der Waals surface area contributed by atoms with Gasteiger partial charge in [0.1, 0.15) is 6.61 Å². The molecule has 0 aromatic heterocycles. The maximum Gasteiger partial charge on any atom is 0.337 e. The van der Waals surface area contributed by atoms with Gasteiger partial charge in [0.2, 0.25) is 11.8 Å². The van der Waals surface area contributed by atoms with Crippen LogP contribution in [0.1, 0.15) is 53.4 Å². The first-order valence-electron chi connectivity index (χ1n) is 11.8. The molecule has 1 unspecified atom stereocenters. The summed E-state index contributed by atoms with van der Waals surface area (Å²) in [6.45, 7) is 21.5. The van der Waals surface area contributed by atoms with Crippen LogP contribution in [0.5, 0.6) is 0 Å². The van der Waals surface area contributed by atoms with Crippen molar-refractivity contribution in [3.05, 3.63) is 48.6 Å². The van der Waals surface area contributed by atoms with Crippen molar-refractivity contribution >= 4 is 23.7 Å². The molecule has 10 heteroatoms. The molecule has 0 rings (SSSR count). The number of carbonyl (C=O) groups excluding carboxylic acids is 4. The fourth-order valence-electron chi connectivity index (χ4n) is 2.51. The van der Waals surface area contributed by atoms with Crippen LogP contribution in [0.4, 0.5) is 0 Å². The second-order valence-electron chi connectivity index (χ2n) is 8.41. The SMILES string of the molecule is C=C(C)C(=O)NCCCOCC(NC(=O)C(=C)CCC)(OCCCNC(=O)C(=C)C)OC(=O)C(=C)C. The quantitative estimate of drug-likeness (QED) is 0.106. The molecular formula is C26H41N3O7. The van der Waals surface area contributed by atoms with E-state index in [0.29, 0.717) is 43.4 Å². The Labute approximate surface area is 214 Å². The van der Waals surface area contributed by atoms with E-state index in [2.05, 4.69) is 42.3 Å². The van der Waals surface area contributed by atoms with E-state index in [-0.39, 0.29) is 49.3 Å². The minimum Gasteiger partial charge on any atom is -0.408 e. The van der Waals surface area contributed by atoms with E-state index >= 15 is 0 Å². The topological polar surface area (TPSA) is 132 Å². The van der Waals surface area contributed by atoms with Crippen LogP contribution in [0.15, 0.2) is 48.6 Å². The third kappa shape index (κ3) is 13.6. The molecule has 3 amide bonds. The Morgan fingerprint density at radius 2 is 1.31 bits per heavy atom. The van der Waals surface area contributed by atoms with Gasteiger partial charge in [0, 0.05) is 42.0 Å². The summed E-state index contributed by atoms with van der Waals surface area (Å²) < 4.78 is 17.0. The van der Waals surface area contributed by atoms with Crippen molar-refractivity contribution in [2.24, 2.45) is 0 Å². The molecule has 202 valence electrons. The smallest absolute Gasteiger partial charge is 0.337 e. The third-order valence-electron chi connectivity index (χ3n) is 4.54. The standard InChI is InChI=1S/C26H41N3O7/c1-9-12-21(8)24(32)29-26(36-25(33)20(6)7,35-16-11-14-28-23(31)19(4)5)17-34-15-10-13-27-22(30)18(2)3/h2,4,6,8-17H2,1,3,5,7H3,(H,27,30)(H,28,31)(H,29,32). The molecule has 0 bridgehead atoms. The van der Waals surface area contributed by atoms with Gasteiger partial charge in [0.15, 0.2) is 0 Å². The Morgan fingerprint density at radius 3 is 1.78 bits per heavy atom. The Kier molecular flexibility index (Phi) is 15.7. The van der Waals surface area contributed by atoms with E-state index in [4.69, 9.17) is 14.2 Å². The average molecular weight is 508 g/mol.